The van der Waals surface area contributed by atoms with Gasteiger partial charge in [0.2, 0.25) is 11.8 Å². The first kappa shape index (κ1) is 26.1. The molecule has 0 aromatic carbocycles. The summed E-state index contributed by atoms with van der Waals surface area (Å²) in [6.07, 6.45) is 7.48. The minimum absolute atomic E-state index is 0.0351. The van der Waals surface area contributed by atoms with E-state index in [1.54, 1.807) is 29.7 Å². The van der Waals surface area contributed by atoms with Crippen molar-refractivity contribution in [1.82, 2.24) is 9.80 Å². The van der Waals surface area contributed by atoms with Gasteiger partial charge >= 0.3 is 5.97 Å². The van der Waals surface area contributed by atoms with E-state index in [1.165, 1.54) is 0 Å². The topological polar surface area (TPSA) is 87.2 Å². The molecule has 5 atom stereocenters. The molecule has 2 amide bonds. The van der Waals surface area contributed by atoms with Crippen LogP contribution in [-0.4, -0.2) is 81.1 Å². The van der Waals surface area contributed by atoms with Crippen molar-refractivity contribution < 1.29 is 24.2 Å². The van der Waals surface area contributed by atoms with E-state index in [9.17, 15) is 19.5 Å². The number of rotatable bonds is 13. The second-order valence-electron chi connectivity index (χ2n) is 9.72. The number of aliphatic hydroxyl groups is 1. The van der Waals surface area contributed by atoms with Crippen molar-refractivity contribution in [2.75, 3.05) is 32.8 Å². The van der Waals surface area contributed by atoms with Crippen LogP contribution in [0.1, 0.15) is 65.7 Å². The highest BCUT2D eigenvalue weighted by atomic mass is 32.2. The van der Waals surface area contributed by atoms with Crippen LogP contribution in [0.15, 0.2) is 12.7 Å². The molecule has 33 heavy (non-hydrogen) atoms. The fraction of sp³-hybridized carbons (Fsp3) is 0.800. The number of fused-ring (bicyclic) bond motifs is 1. The smallest absolute Gasteiger partial charge is 0.311 e. The maximum atomic E-state index is 14.1. The Morgan fingerprint density at radius 3 is 2.67 bits per heavy atom. The summed E-state index contributed by atoms with van der Waals surface area (Å²) in [5, 5.41) is 9.28. The molecular formula is C25H40N2O5S. The van der Waals surface area contributed by atoms with Gasteiger partial charge in [-0.25, -0.2) is 0 Å². The van der Waals surface area contributed by atoms with Gasteiger partial charge in [-0.1, -0.05) is 25.8 Å². The van der Waals surface area contributed by atoms with Crippen molar-refractivity contribution in [2.24, 2.45) is 11.8 Å². The third-order valence-electron chi connectivity index (χ3n) is 7.55. The highest BCUT2D eigenvalue weighted by Crippen LogP contribution is 2.71. The summed E-state index contributed by atoms with van der Waals surface area (Å²) in [6.45, 7) is 11.6. The average Bonchev–Trinajstić information content (AvgIpc) is 3.34. The Kier molecular flexibility index (Phi) is 8.54. The van der Waals surface area contributed by atoms with Gasteiger partial charge in [0.15, 0.2) is 0 Å². The van der Waals surface area contributed by atoms with Gasteiger partial charge in [0, 0.05) is 31.0 Å². The minimum atomic E-state index is -0.607. The van der Waals surface area contributed by atoms with Crippen molar-refractivity contribution in [1.29, 1.82) is 0 Å². The summed E-state index contributed by atoms with van der Waals surface area (Å²) in [5.41, 5.74) is 0. The predicted octanol–water partition coefficient (Wildman–Crippen LogP) is 3.01. The Balaban J connectivity index is 1.98. The lowest BCUT2D eigenvalue weighted by Gasteiger charge is -2.37. The quantitative estimate of drug-likeness (QED) is 0.248. The number of thioether (sulfide) groups is 1. The molecule has 186 valence electrons. The standard InChI is InChI=1S/C25H40N2O5S/c1-5-8-9-15-26(14-6-2)22(30)20-25-13-12-24(4,33-25)19(23(31)32-7-3)18(25)21(29)27(20)16-10-11-17-28/h6,18-20,28H,2,5,7-17H2,1,3-4H3/t18-,19+,20?,24-,25?/m0/s1. The third-order valence-corrected chi connectivity index (χ3v) is 9.54. The first-order valence-electron chi connectivity index (χ1n) is 12.5. The summed E-state index contributed by atoms with van der Waals surface area (Å²) < 4.78 is 4.41. The molecule has 7 nitrogen and oxygen atoms in total. The second kappa shape index (κ2) is 10.8. The number of unbranched alkanes of at least 4 members (excludes halogenated alkanes) is 3. The van der Waals surface area contributed by atoms with Crippen LogP contribution in [0, 0.1) is 11.8 Å². The van der Waals surface area contributed by atoms with Gasteiger partial charge in [0.05, 0.1) is 23.2 Å². The van der Waals surface area contributed by atoms with Crippen LogP contribution in [0.2, 0.25) is 0 Å². The monoisotopic (exact) mass is 480 g/mol. The normalized spacial score (nSPS) is 32.2. The van der Waals surface area contributed by atoms with E-state index in [1.807, 2.05) is 4.90 Å². The number of hydrogen-bond acceptors (Lipinski definition) is 6. The number of carbonyl (C=O) groups excluding carboxylic acids is 3. The zero-order chi connectivity index (χ0) is 24.2. The lowest BCUT2D eigenvalue weighted by molar-refractivity contribution is -0.155. The molecule has 0 saturated carbocycles. The van der Waals surface area contributed by atoms with Crippen molar-refractivity contribution in [2.45, 2.75) is 81.3 Å². The Morgan fingerprint density at radius 1 is 1.27 bits per heavy atom. The van der Waals surface area contributed by atoms with Crippen LogP contribution < -0.4 is 0 Å². The number of amides is 2. The van der Waals surface area contributed by atoms with Gasteiger partial charge in [0.25, 0.3) is 0 Å². The van der Waals surface area contributed by atoms with Crippen molar-refractivity contribution in [3.63, 3.8) is 0 Å². The Labute approximate surface area is 202 Å². The number of nitrogens with zero attached hydrogens (tertiary/aromatic N) is 2. The lowest BCUT2D eigenvalue weighted by atomic mass is 9.66. The minimum Gasteiger partial charge on any atom is -0.466 e. The van der Waals surface area contributed by atoms with E-state index in [0.717, 1.165) is 32.1 Å². The fourth-order valence-corrected chi connectivity index (χ4v) is 8.44. The first-order valence-corrected chi connectivity index (χ1v) is 13.3. The highest BCUT2D eigenvalue weighted by molar-refractivity contribution is 8.02. The van der Waals surface area contributed by atoms with Gasteiger partial charge in [-0.05, 0) is 46.0 Å². The SMILES string of the molecule is C=CCN(CCCCC)C(=O)C1N(CCCCO)C(=O)[C@@H]2[C@H](C(=O)OCC)[C@]3(C)CCC12S3. The molecule has 0 aromatic heterocycles. The van der Waals surface area contributed by atoms with Crippen molar-refractivity contribution in [3.8, 4) is 0 Å². The van der Waals surface area contributed by atoms with Crippen molar-refractivity contribution in [3.05, 3.63) is 12.7 Å². The molecule has 2 unspecified atom stereocenters. The Hall–Kier alpha value is -1.54. The summed E-state index contributed by atoms with van der Waals surface area (Å²) in [5.74, 6) is -1.53. The molecule has 8 heteroatoms. The first-order chi connectivity index (χ1) is 15.8. The number of likely N-dealkylation sites (tertiary alicyclic amines) is 1. The van der Waals surface area contributed by atoms with E-state index < -0.39 is 27.4 Å². The molecule has 2 bridgehead atoms. The van der Waals surface area contributed by atoms with E-state index in [2.05, 4.69) is 20.4 Å². The van der Waals surface area contributed by atoms with E-state index in [4.69, 9.17) is 4.74 Å². The van der Waals surface area contributed by atoms with Crippen LogP contribution in [0.5, 0.6) is 0 Å². The molecule has 0 aromatic rings. The zero-order valence-corrected chi connectivity index (χ0v) is 21.2. The molecular weight excluding hydrogens is 440 g/mol. The maximum Gasteiger partial charge on any atom is 0.311 e. The molecule has 3 aliphatic rings. The fourth-order valence-electron chi connectivity index (χ4n) is 6.10. The number of hydrogen-bond donors (Lipinski definition) is 1. The lowest BCUT2D eigenvalue weighted by Crippen LogP contribution is -2.55. The predicted molar refractivity (Wildman–Crippen MR) is 130 cm³/mol. The summed E-state index contributed by atoms with van der Waals surface area (Å²) in [6, 6.07) is -0.596. The molecule has 3 rings (SSSR count). The molecule has 3 aliphatic heterocycles. The third kappa shape index (κ3) is 4.57. The van der Waals surface area contributed by atoms with E-state index in [0.29, 0.717) is 32.5 Å². The van der Waals surface area contributed by atoms with E-state index in [-0.39, 0.29) is 31.0 Å². The molecule has 0 radical (unpaired) electrons. The van der Waals surface area contributed by atoms with Gasteiger partial charge in [-0.2, -0.15) is 0 Å². The van der Waals surface area contributed by atoms with Gasteiger partial charge in [0.1, 0.15) is 6.04 Å². The van der Waals surface area contributed by atoms with Gasteiger partial charge in [-0.3, -0.25) is 14.4 Å². The zero-order valence-electron chi connectivity index (χ0n) is 20.4. The van der Waals surface area contributed by atoms with Gasteiger partial charge < -0.3 is 19.6 Å². The van der Waals surface area contributed by atoms with Crippen LogP contribution in [0.4, 0.5) is 0 Å². The van der Waals surface area contributed by atoms with Crippen LogP contribution >= 0.6 is 11.8 Å². The van der Waals surface area contributed by atoms with Crippen LogP contribution in [0.3, 0.4) is 0 Å². The largest absolute Gasteiger partial charge is 0.466 e. The number of carbonyl (C=O) groups is 3. The Bertz CT molecular complexity index is 761. The number of ether oxygens (including phenoxy) is 1. The second-order valence-corrected chi connectivity index (χ2v) is 11.6. The summed E-state index contributed by atoms with van der Waals surface area (Å²) in [4.78, 5) is 44.5. The number of aliphatic hydroxyl groups excluding tert-OH is 1. The maximum absolute atomic E-state index is 14.1. The molecule has 1 spiro atoms. The molecule has 1 N–H and O–H groups in total. The summed E-state index contributed by atoms with van der Waals surface area (Å²) in [7, 11) is 0. The Morgan fingerprint density at radius 2 is 2.03 bits per heavy atom. The van der Waals surface area contributed by atoms with E-state index >= 15 is 0 Å². The van der Waals surface area contributed by atoms with Crippen LogP contribution in [-0.2, 0) is 19.1 Å². The molecule has 3 heterocycles. The van der Waals surface area contributed by atoms with Gasteiger partial charge in [-0.15, -0.1) is 18.3 Å². The number of esters is 1. The highest BCUT2D eigenvalue weighted by Gasteiger charge is 2.77. The molecule has 3 saturated heterocycles. The molecule has 3 fully saturated rings. The molecule has 0 aliphatic carbocycles. The van der Waals surface area contributed by atoms with Crippen molar-refractivity contribution >= 4 is 29.5 Å². The van der Waals surface area contributed by atoms with Crippen LogP contribution in [0.25, 0.3) is 0 Å². The average molecular weight is 481 g/mol. The summed E-state index contributed by atoms with van der Waals surface area (Å²) >= 11 is 1.68.